The Kier molecular flexibility index (Phi) is 4.08. The van der Waals surface area contributed by atoms with Crippen LogP contribution in [0.15, 0.2) is 30.5 Å². The highest BCUT2D eigenvalue weighted by Gasteiger charge is 2.18. The predicted octanol–water partition coefficient (Wildman–Crippen LogP) is 3.44. The smallest absolute Gasteiger partial charge is 0.129 e. The minimum atomic E-state index is -0.781. The summed E-state index contributed by atoms with van der Waals surface area (Å²) < 4.78 is 5.37. The molecule has 2 rings (SSSR count). The quantitative estimate of drug-likeness (QED) is 0.874. The summed E-state index contributed by atoms with van der Waals surface area (Å²) in [6.45, 7) is 3.95. The maximum absolute atomic E-state index is 10.5. The molecule has 1 atom stereocenters. The highest BCUT2D eigenvalue weighted by Crippen LogP contribution is 2.34. The zero-order valence-electron chi connectivity index (χ0n) is 11.1. The minimum Gasteiger partial charge on any atom is -0.496 e. The van der Waals surface area contributed by atoms with Crippen LogP contribution in [0.2, 0.25) is 5.15 Å². The van der Waals surface area contributed by atoms with Crippen LogP contribution in [-0.2, 0) is 0 Å². The molecule has 1 N–H and O–H groups in total. The Labute approximate surface area is 117 Å². The summed E-state index contributed by atoms with van der Waals surface area (Å²) in [7, 11) is 1.60. The largest absolute Gasteiger partial charge is 0.496 e. The molecule has 1 heterocycles. The lowest BCUT2D eigenvalue weighted by Gasteiger charge is -2.18. The Morgan fingerprint density at radius 1 is 1.26 bits per heavy atom. The molecule has 3 nitrogen and oxygen atoms in total. The maximum atomic E-state index is 10.5. The molecule has 0 amide bonds. The number of hydrogen-bond donors (Lipinski definition) is 1. The van der Waals surface area contributed by atoms with Gasteiger partial charge in [0.25, 0.3) is 0 Å². The molecule has 0 aliphatic heterocycles. The van der Waals surface area contributed by atoms with E-state index < -0.39 is 6.10 Å². The summed E-state index contributed by atoms with van der Waals surface area (Å²) in [6, 6.07) is 7.33. The second-order valence-corrected chi connectivity index (χ2v) is 4.90. The van der Waals surface area contributed by atoms with Gasteiger partial charge in [-0.3, -0.25) is 0 Å². The maximum Gasteiger partial charge on any atom is 0.129 e. The number of aryl methyl sites for hydroxylation is 2. The molecule has 0 spiro atoms. The van der Waals surface area contributed by atoms with Gasteiger partial charge in [0.2, 0.25) is 0 Å². The van der Waals surface area contributed by atoms with E-state index in [4.69, 9.17) is 16.3 Å². The molecule has 0 bridgehead atoms. The van der Waals surface area contributed by atoms with Crippen LogP contribution in [0.3, 0.4) is 0 Å². The fourth-order valence-corrected chi connectivity index (χ4v) is 2.40. The van der Waals surface area contributed by atoms with Gasteiger partial charge in [0.05, 0.1) is 7.11 Å². The number of aliphatic hydroxyl groups excluding tert-OH is 1. The lowest BCUT2D eigenvalue weighted by atomic mass is 9.95. The van der Waals surface area contributed by atoms with E-state index in [9.17, 15) is 5.11 Å². The summed E-state index contributed by atoms with van der Waals surface area (Å²) in [4.78, 5) is 3.92. The monoisotopic (exact) mass is 277 g/mol. The van der Waals surface area contributed by atoms with Crippen LogP contribution in [0.4, 0.5) is 0 Å². The van der Waals surface area contributed by atoms with Gasteiger partial charge in [-0.2, -0.15) is 0 Å². The standard InChI is InChI=1S/C15H16ClNO2/c1-9-6-10(2)14(12(7-9)19-3)15(18)11-4-5-17-13(16)8-11/h4-8,15,18H,1-3H3. The average Bonchev–Trinajstić information content (AvgIpc) is 2.37. The zero-order chi connectivity index (χ0) is 14.0. The number of pyridine rings is 1. The van der Waals surface area contributed by atoms with Gasteiger partial charge >= 0.3 is 0 Å². The van der Waals surface area contributed by atoms with Crippen molar-refractivity contribution in [3.63, 3.8) is 0 Å². The lowest BCUT2D eigenvalue weighted by Crippen LogP contribution is -2.05. The van der Waals surface area contributed by atoms with Gasteiger partial charge in [0.15, 0.2) is 0 Å². The number of hydrogen-bond acceptors (Lipinski definition) is 3. The number of ether oxygens (including phenoxy) is 1. The number of benzene rings is 1. The summed E-state index contributed by atoms with van der Waals surface area (Å²) in [5, 5.41) is 10.9. The predicted molar refractivity (Wildman–Crippen MR) is 75.8 cm³/mol. The number of methoxy groups -OCH3 is 1. The molecule has 1 unspecified atom stereocenters. The van der Waals surface area contributed by atoms with E-state index in [-0.39, 0.29) is 0 Å². The first kappa shape index (κ1) is 13.8. The van der Waals surface area contributed by atoms with Crippen LogP contribution in [0.1, 0.15) is 28.4 Å². The zero-order valence-corrected chi connectivity index (χ0v) is 11.9. The molecule has 2 aromatic rings. The summed E-state index contributed by atoms with van der Waals surface area (Å²) in [5.41, 5.74) is 3.54. The third kappa shape index (κ3) is 2.88. The SMILES string of the molecule is COc1cc(C)cc(C)c1C(O)c1ccnc(Cl)c1. The molecule has 100 valence electrons. The van der Waals surface area contributed by atoms with Crippen molar-refractivity contribution in [3.05, 3.63) is 57.9 Å². The van der Waals surface area contributed by atoms with Crippen molar-refractivity contribution in [1.29, 1.82) is 0 Å². The minimum absolute atomic E-state index is 0.361. The van der Waals surface area contributed by atoms with Crippen LogP contribution >= 0.6 is 11.6 Å². The molecule has 0 aliphatic carbocycles. The van der Waals surface area contributed by atoms with Gasteiger partial charge in [-0.1, -0.05) is 17.7 Å². The van der Waals surface area contributed by atoms with Crippen LogP contribution in [0.5, 0.6) is 5.75 Å². The van der Waals surface area contributed by atoms with Gasteiger partial charge in [-0.25, -0.2) is 4.98 Å². The van der Waals surface area contributed by atoms with E-state index in [1.54, 1.807) is 25.4 Å². The first-order valence-corrected chi connectivity index (χ1v) is 6.35. The Hall–Kier alpha value is -1.58. The topological polar surface area (TPSA) is 42.4 Å². The van der Waals surface area contributed by atoms with Crippen molar-refractivity contribution in [2.24, 2.45) is 0 Å². The van der Waals surface area contributed by atoms with Gasteiger partial charge in [0.1, 0.15) is 17.0 Å². The number of nitrogens with zero attached hydrogens (tertiary/aromatic N) is 1. The van der Waals surface area contributed by atoms with Crippen molar-refractivity contribution in [3.8, 4) is 5.75 Å². The van der Waals surface area contributed by atoms with Crippen molar-refractivity contribution in [1.82, 2.24) is 4.98 Å². The Balaban J connectivity index is 2.52. The van der Waals surface area contributed by atoms with Crippen LogP contribution < -0.4 is 4.74 Å². The van der Waals surface area contributed by atoms with E-state index in [1.165, 1.54) is 0 Å². The van der Waals surface area contributed by atoms with E-state index >= 15 is 0 Å². The Bertz CT molecular complexity index is 599. The lowest BCUT2D eigenvalue weighted by molar-refractivity contribution is 0.214. The van der Waals surface area contributed by atoms with Crippen molar-refractivity contribution in [2.45, 2.75) is 20.0 Å². The van der Waals surface area contributed by atoms with Crippen molar-refractivity contribution < 1.29 is 9.84 Å². The van der Waals surface area contributed by atoms with E-state index in [2.05, 4.69) is 4.98 Å². The number of halogens is 1. The van der Waals surface area contributed by atoms with E-state index in [1.807, 2.05) is 26.0 Å². The van der Waals surface area contributed by atoms with Crippen LogP contribution in [0, 0.1) is 13.8 Å². The average molecular weight is 278 g/mol. The fraction of sp³-hybridized carbons (Fsp3) is 0.267. The van der Waals surface area contributed by atoms with Gasteiger partial charge in [-0.05, 0) is 48.7 Å². The number of aliphatic hydroxyl groups is 1. The molecule has 1 aromatic carbocycles. The molecule has 19 heavy (non-hydrogen) atoms. The first-order valence-electron chi connectivity index (χ1n) is 5.97. The third-order valence-electron chi connectivity index (χ3n) is 3.05. The molecule has 4 heteroatoms. The summed E-state index contributed by atoms with van der Waals surface area (Å²) in [6.07, 6.45) is 0.799. The Morgan fingerprint density at radius 2 is 2.00 bits per heavy atom. The summed E-state index contributed by atoms with van der Waals surface area (Å²) >= 11 is 5.86. The number of rotatable bonds is 3. The van der Waals surface area contributed by atoms with Crippen molar-refractivity contribution >= 4 is 11.6 Å². The first-order chi connectivity index (χ1) is 9.02. The molecule has 1 aromatic heterocycles. The van der Waals surface area contributed by atoms with Gasteiger partial charge < -0.3 is 9.84 Å². The van der Waals surface area contributed by atoms with Crippen LogP contribution in [-0.4, -0.2) is 17.2 Å². The van der Waals surface area contributed by atoms with E-state index in [0.29, 0.717) is 16.5 Å². The second kappa shape index (κ2) is 5.59. The third-order valence-corrected chi connectivity index (χ3v) is 3.26. The fourth-order valence-electron chi connectivity index (χ4n) is 2.21. The molecule has 0 saturated carbocycles. The highest BCUT2D eigenvalue weighted by molar-refractivity contribution is 6.29. The molecule has 0 aliphatic rings. The second-order valence-electron chi connectivity index (χ2n) is 4.51. The molecular weight excluding hydrogens is 262 g/mol. The number of aromatic nitrogens is 1. The molecule has 0 saturated heterocycles. The van der Waals surface area contributed by atoms with Gasteiger partial charge in [-0.15, -0.1) is 0 Å². The molecule has 0 radical (unpaired) electrons. The van der Waals surface area contributed by atoms with E-state index in [0.717, 1.165) is 16.7 Å². The Morgan fingerprint density at radius 3 is 2.63 bits per heavy atom. The highest BCUT2D eigenvalue weighted by atomic mass is 35.5. The molecule has 0 fully saturated rings. The summed E-state index contributed by atoms with van der Waals surface area (Å²) in [5.74, 6) is 0.679. The van der Waals surface area contributed by atoms with Crippen LogP contribution in [0.25, 0.3) is 0 Å². The van der Waals surface area contributed by atoms with Gasteiger partial charge in [0, 0.05) is 11.8 Å². The van der Waals surface area contributed by atoms with Crippen molar-refractivity contribution in [2.75, 3.05) is 7.11 Å². The molecular formula is C15H16ClNO2. The normalized spacial score (nSPS) is 12.3.